The van der Waals surface area contributed by atoms with Crippen molar-refractivity contribution in [1.82, 2.24) is 9.97 Å². The minimum atomic E-state index is -4.83. The van der Waals surface area contributed by atoms with E-state index in [1.165, 1.54) is 0 Å². The number of alkyl halides is 3. The molecule has 0 bridgehead atoms. The van der Waals surface area contributed by atoms with Crippen molar-refractivity contribution in [2.75, 3.05) is 4.90 Å². The Balaban J connectivity index is 2.24. The fourth-order valence-corrected chi connectivity index (χ4v) is 2.54. The maximum Gasteiger partial charge on any atom is 0.422 e. The Morgan fingerprint density at radius 3 is 2.55 bits per heavy atom. The van der Waals surface area contributed by atoms with Gasteiger partial charge >= 0.3 is 6.18 Å². The number of halogens is 3. The number of carbonyl (C=O) groups is 1. The number of nitrogens with zero attached hydrogens (tertiary/aromatic N) is 3. The summed E-state index contributed by atoms with van der Waals surface area (Å²) in [5, 5.41) is 9.69. The molecule has 1 N–H and O–H groups in total. The largest absolute Gasteiger partial charge is 0.422 e. The van der Waals surface area contributed by atoms with Gasteiger partial charge in [-0.15, -0.1) is 0 Å². The molecular weight excluding hydrogens is 319 g/mol. The van der Waals surface area contributed by atoms with Crippen molar-refractivity contribution in [3.05, 3.63) is 41.2 Å². The summed E-state index contributed by atoms with van der Waals surface area (Å²) in [4.78, 5) is 19.6. The maximum atomic E-state index is 12.8. The van der Waals surface area contributed by atoms with Crippen LogP contribution in [-0.4, -0.2) is 27.7 Å². The molecule has 1 amide bonds. The molecule has 5 nitrogen and oxygen atoms in total. The predicted molar refractivity (Wildman–Crippen MR) is 74.2 cm³/mol. The Morgan fingerprint density at radius 2 is 2.00 bits per heavy atom. The lowest BCUT2D eigenvalue weighted by molar-refractivity contribution is -0.257. The molecule has 2 aromatic heterocycles. The first-order chi connectivity index (χ1) is 10.3. The third kappa shape index (κ3) is 3.25. The second-order valence-corrected chi connectivity index (χ2v) is 5.67. The molecule has 0 spiro atoms. The molecule has 1 unspecified atom stereocenters. The van der Waals surface area contributed by atoms with E-state index in [-0.39, 0.29) is 16.6 Å². The zero-order valence-electron chi connectivity index (χ0n) is 11.4. The molecule has 0 saturated carbocycles. The summed E-state index contributed by atoms with van der Waals surface area (Å²) in [5.41, 5.74) is -2.25. The molecule has 2 heterocycles. The first kappa shape index (κ1) is 16.4. The Bertz CT molecular complexity index is 643. The first-order valence-electron chi connectivity index (χ1n) is 6.12. The summed E-state index contributed by atoms with van der Waals surface area (Å²) in [6.07, 6.45) is -0.337. The zero-order chi connectivity index (χ0) is 16.4. The Hall–Kier alpha value is -2.00. The lowest BCUT2D eigenvalue weighted by atomic mass is 10.1. The molecule has 2 aromatic rings. The van der Waals surface area contributed by atoms with Crippen LogP contribution in [-0.2, 0) is 16.9 Å². The van der Waals surface area contributed by atoms with Gasteiger partial charge in [0.15, 0.2) is 10.7 Å². The molecule has 9 heteroatoms. The number of hydrogen-bond acceptors (Lipinski definition) is 5. The van der Waals surface area contributed by atoms with Gasteiger partial charge in [0.1, 0.15) is 0 Å². The van der Waals surface area contributed by atoms with Crippen molar-refractivity contribution in [2.45, 2.75) is 25.2 Å². The van der Waals surface area contributed by atoms with E-state index < -0.39 is 11.8 Å². The smallest absolute Gasteiger partial charge is 0.376 e. The summed E-state index contributed by atoms with van der Waals surface area (Å²) in [5.74, 6) is 0. The predicted octanol–water partition coefficient (Wildman–Crippen LogP) is 2.47. The van der Waals surface area contributed by atoms with Gasteiger partial charge in [-0.05, 0) is 24.6 Å². The van der Waals surface area contributed by atoms with E-state index in [1.807, 2.05) is 0 Å². The van der Waals surface area contributed by atoms with Gasteiger partial charge in [-0.3, -0.25) is 14.7 Å². The Kier molecular flexibility index (Phi) is 4.47. The Morgan fingerprint density at radius 1 is 1.36 bits per heavy atom. The third-order valence-corrected chi connectivity index (χ3v) is 4.25. The van der Waals surface area contributed by atoms with Gasteiger partial charge < -0.3 is 5.11 Å². The van der Waals surface area contributed by atoms with E-state index >= 15 is 0 Å². The van der Waals surface area contributed by atoms with Gasteiger partial charge in [-0.1, -0.05) is 11.3 Å². The Labute approximate surface area is 128 Å². The normalized spacial score (nSPS) is 14.4. The van der Waals surface area contributed by atoms with Crippen LogP contribution in [0, 0.1) is 0 Å². The summed E-state index contributed by atoms with van der Waals surface area (Å²) in [7, 11) is 0. The zero-order valence-corrected chi connectivity index (χ0v) is 12.2. The number of thiazole rings is 1. The van der Waals surface area contributed by atoms with E-state index in [4.69, 9.17) is 0 Å². The molecule has 0 saturated heterocycles. The van der Waals surface area contributed by atoms with Crippen molar-refractivity contribution in [3.63, 3.8) is 0 Å². The van der Waals surface area contributed by atoms with E-state index in [9.17, 15) is 23.1 Å². The average molecular weight is 331 g/mol. The van der Waals surface area contributed by atoms with E-state index in [2.05, 4.69) is 9.97 Å². The SMILES string of the molecule is CC(O)(c1cnc(N(C=O)Cc2ccncc2)s1)C(F)(F)F. The highest BCUT2D eigenvalue weighted by molar-refractivity contribution is 7.15. The van der Waals surface area contributed by atoms with Gasteiger partial charge in [0.25, 0.3) is 0 Å². The van der Waals surface area contributed by atoms with Crippen LogP contribution in [0.3, 0.4) is 0 Å². The topological polar surface area (TPSA) is 66.3 Å². The number of aromatic nitrogens is 2. The van der Waals surface area contributed by atoms with E-state index in [0.29, 0.717) is 24.7 Å². The summed E-state index contributed by atoms with van der Waals surface area (Å²) in [6, 6.07) is 3.35. The molecule has 2 rings (SSSR count). The number of amides is 1. The number of anilines is 1. The third-order valence-electron chi connectivity index (χ3n) is 3.00. The minimum Gasteiger partial charge on any atom is -0.376 e. The molecule has 1 atom stereocenters. The van der Waals surface area contributed by atoms with E-state index in [1.54, 1.807) is 24.5 Å². The van der Waals surface area contributed by atoms with Crippen LogP contribution in [0.2, 0.25) is 0 Å². The number of pyridine rings is 1. The monoisotopic (exact) mass is 331 g/mol. The maximum absolute atomic E-state index is 12.8. The van der Waals surface area contributed by atoms with Gasteiger partial charge in [-0.25, -0.2) is 4.98 Å². The second-order valence-electron chi connectivity index (χ2n) is 4.67. The summed E-state index contributed by atoms with van der Waals surface area (Å²) >= 11 is 0.617. The summed E-state index contributed by atoms with van der Waals surface area (Å²) in [6.45, 7) is 0.797. The minimum absolute atomic E-state index is 0.0753. The number of carbonyl (C=O) groups excluding carboxylic acids is 1. The molecule has 0 aliphatic carbocycles. The molecule has 0 fully saturated rings. The van der Waals surface area contributed by atoms with E-state index in [0.717, 1.165) is 16.7 Å². The standard InChI is InChI=1S/C13H12F3N3O2S/c1-12(21,13(14,15)16)10-6-18-11(22-10)19(8-20)7-9-2-4-17-5-3-9/h2-6,8,21H,7H2,1H3. The molecule has 0 aliphatic heterocycles. The second kappa shape index (κ2) is 6.01. The molecule has 118 valence electrons. The van der Waals surface area contributed by atoms with Crippen LogP contribution in [0.15, 0.2) is 30.7 Å². The van der Waals surface area contributed by atoms with Crippen molar-refractivity contribution < 1.29 is 23.1 Å². The molecule has 0 aromatic carbocycles. The van der Waals surface area contributed by atoms with Crippen LogP contribution >= 0.6 is 11.3 Å². The number of hydrogen-bond donors (Lipinski definition) is 1. The highest BCUT2D eigenvalue weighted by Gasteiger charge is 2.52. The van der Waals surface area contributed by atoms with Crippen LogP contribution in [0.25, 0.3) is 0 Å². The van der Waals surface area contributed by atoms with Crippen molar-refractivity contribution in [1.29, 1.82) is 0 Å². The van der Waals surface area contributed by atoms with Crippen LogP contribution in [0.1, 0.15) is 17.4 Å². The van der Waals surface area contributed by atoms with Gasteiger partial charge in [0.2, 0.25) is 6.41 Å². The molecule has 0 aliphatic rings. The van der Waals surface area contributed by atoms with Crippen LogP contribution < -0.4 is 4.90 Å². The highest BCUT2D eigenvalue weighted by Crippen LogP contribution is 2.42. The van der Waals surface area contributed by atoms with Gasteiger partial charge in [0, 0.05) is 18.6 Å². The molecule has 22 heavy (non-hydrogen) atoms. The van der Waals surface area contributed by atoms with Gasteiger partial charge in [-0.2, -0.15) is 13.2 Å². The first-order valence-corrected chi connectivity index (χ1v) is 6.93. The highest BCUT2D eigenvalue weighted by atomic mass is 32.1. The van der Waals surface area contributed by atoms with Crippen LogP contribution in [0.4, 0.5) is 18.3 Å². The van der Waals surface area contributed by atoms with Crippen LogP contribution in [0.5, 0.6) is 0 Å². The van der Waals surface area contributed by atoms with Crippen molar-refractivity contribution >= 4 is 22.9 Å². The quantitative estimate of drug-likeness (QED) is 0.855. The van der Waals surface area contributed by atoms with Gasteiger partial charge in [0.05, 0.1) is 11.4 Å². The lowest BCUT2D eigenvalue weighted by Gasteiger charge is -2.24. The molecule has 0 radical (unpaired) electrons. The fourth-order valence-electron chi connectivity index (χ4n) is 1.60. The molecular formula is C13H12F3N3O2S. The number of rotatable bonds is 5. The lowest BCUT2D eigenvalue weighted by Crippen LogP contribution is -2.38. The fraction of sp³-hybridized carbons (Fsp3) is 0.308. The summed E-state index contributed by atoms with van der Waals surface area (Å²) < 4.78 is 38.4. The van der Waals surface area contributed by atoms with Crippen molar-refractivity contribution in [2.24, 2.45) is 0 Å². The average Bonchev–Trinajstić information content (AvgIpc) is 2.95. The number of aliphatic hydroxyl groups is 1. The van der Waals surface area contributed by atoms with Crippen molar-refractivity contribution in [3.8, 4) is 0 Å².